The van der Waals surface area contributed by atoms with Crippen LogP contribution in [0.25, 0.3) is 0 Å². The van der Waals surface area contributed by atoms with Gasteiger partial charge in [-0.2, -0.15) is 0 Å². The van der Waals surface area contributed by atoms with Crippen molar-refractivity contribution in [3.8, 4) is 0 Å². The van der Waals surface area contributed by atoms with Crippen molar-refractivity contribution in [2.75, 3.05) is 0 Å². The van der Waals surface area contributed by atoms with Crippen molar-refractivity contribution >= 4 is 61.7 Å². The third-order valence-corrected chi connectivity index (χ3v) is 4.64. The molecule has 0 spiro atoms. The molecule has 5 heteroatoms. The molecule has 0 heterocycles. The molecule has 0 amide bonds. The van der Waals surface area contributed by atoms with Crippen LogP contribution in [0.5, 0.6) is 0 Å². The van der Waals surface area contributed by atoms with Gasteiger partial charge in [0.05, 0.1) is 10.0 Å². The molecule has 0 radical (unpaired) electrons. The lowest BCUT2D eigenvalue weighted by Crippen LogP contribution is -2.01. The van der Waals surface area contributed by atoms with Gasteiger partial charge < -0.3 is 5.11 Å². The van der Waals surface area contributed by atoms with Gasteiger partial charge in [0.1, 0.15) is 6.10 Å². The first-order valence-electron chi connectivity index (χ1n) is 5.07. The Kier molecular flexibility index (Phi) is 4.94. The zero-order valence-electron chi connectivity index (χ0n) is 9.00. The van der Waals surface area contributed by atoms with Crippen LogP contribution in [-0.2, 0) is 0 Å². The van der Waals surface area contributed by atoms with Crippen LogP contribution in [0.4, 0.5) is 0 Å². The van der Waals surface area contributed by atoms with Gasteiger partial charge >= 0.3 is 0 Å². The van der Waals surface area contributed by atoms with Gasteiger partial charge in [0.2, 0.25) is 0 Å². The lowest BCUT2D eigenvalue weighted by atomic mass is 10.0. The zero-order valence-corrected chi connectivity index (χ0v) is 14.3. The number of hydrogen-bond acceptors (Lipinski definition) is 1. The number of aliphatic hydroxyl groups excluding tert-OH is 1. The molecular formula is C13H8BrCl2IO. The average molecular weight is 458 g/mol. The van der Waals surface area contributed by atoms with Crippen molar-refractivity contribution < 1.29 is 5.11 Å². The molecule has 94 valence electrons. The summed E-state index contributed by atoms with van der Waals surface area (Å²) in [7, 11) is 0. The molecule has 0 aromatic heterocycles. The van der Waals surface area contributed by atoms with Crippen LogP contribution >= 0.6 is 61.7 Å². The van der Waals surface area contributed by atoms with Gasteiger partial charge in [-0.15, -0.1) is 0 Å². The fourth-order valence-corrected chi connectivity index (χ4v) is 2.87. The zero-order chi connectivity index (χ0) is 13.3. The molecule has 1 nitrogen and oxygen atoms in total. The Balaban J connectivity index is 2.44. The van der Waals surface area contributed by atoms with Crippen molar-refractivity contribution in [3.63, 3.8) is 0 Å². The smallest absolute Gasteiger partial charge is 0.105 e. The predicted octanol–water partition coefficient (Wildman–Crippen LogP) is 5.44. The summed E-state index contributed by atoms with van der Waals surface area (Å²) in [4.78, 5) is 0. The Morgan fingerprint density at radius 2 is 1.78 bits per heavy atom. The maximum atomic E-state index is 10.4. The summed E-state index contributed by atoms with van der Waals surface area (Å²) in [6.07, 6.45) is -0.733. The third kappa shape index (κ3) is 3.20. The fourth-order valence-electron chi connectivity index (χ4n) is 1.59. The summed E-state index contributed by atoms with van der Waals surface area (Å²) in [6, 6.07) is 10.9. The number of halogens is 4. The largest absolute Gasteiger partial charge is 0.384 e. The van der Waals surface area contributed by atoms with Crippen molar-refractivity contribution in [1.82, 2.24) is 0 Å². The van der Waals surface area contributed by atoms with Crippen LogP contribution < -0.4 is 0 Å². The molecule has 0 aliphatic heterocycles. The molecule has 1 atom stereocenters. The highest BCUT2D eigenvalue weighted by Crippen LogP contribution is 2.32. The Hall–Kier alpha value is 0.190. The van der Waals surface area contributed by atoms with Gasteiger partial charge in [-0.05, 0) is 58.5 Å². The lowest BCUT2D eigenvalue weighted by Gasteiger charge is -2.14. The number of aliphatic hydroxyl groups is 1. The molecule has 2 aromatic rings. The molecule has 2 aromatic carbocycles. The van der Waals surface area contributed by atoms with Gasteiger partial charge in [0.25, 0.3) is 0 Å². The van der Waals surface area contributed by atoms with Gasteiger partial charge in [0, 0.05) is 13.6 Å². The van der Waals surface area contributed by atoms with Gasteiger partial charge in [-0.1, -0.05) is 45.2 Å². The number of benzene rings is 2. The van der Waals surface area contributed by atoms with Crippen LogP contribution in [-0.4, -0.2) is 5.11 Å². The van der Waals surface area contributed by atoms with E-state index >= 15 is 0 Å². The Bertz CT molecular complexity index is 589. The van der Waals surface area contributed by atoms with E-state index in [1.54, 1.807) is 18.2 Å². The quantitative estimate of drug-likeness (QED) is 0.595. The van der Waals surface area contributed by atoms with Gasteiger partial charge in [-0.25, -0.2) is 0 Å². The highest BCUT2D eigenvalue weighted by atomic mass is 127. The molecule has 0 bridgehead atoms. The normalized spacial score (nSPS) is 12.5. The van der Waals surface area contributed by atoms with Crippen LogP contribution in [0.3, 0.4) is 0 Å². The minimum Gasteiger partial charge on any atom is -0.384 e. The second-order valence-electron chi connectivity index (χ2n) is 3.74. The Labute approximate surface area is 137 Å². The van der Waals surface area contributed by atoms with E-state index in [1.807, 2.05) is 18.2 Å². The number of hydrogen-bond donors (Lipinski definition) is 1. The van der Waals surface area contributed by atoms with E-state index in [9.17, 15) is 5.11 Å². The van der Waals surface area contributed by atoms with E-state index in [2.05, 4.69) is 38.5 Å². The van der Waals surface area contributed by atoms with Crippen molar-refractivity contribution in [1.29, 1.82) is 0 Å². The summed E-state index contributed by atoms with van der Waals surface area (Å²) in [5.74, 6) is 0. The van der Waals surface area contributed by atoms with E-state index in [-0.39, 0.29) is 0 Å². The predicted molar refractivity (Wildman–Crippen MR) is 87.4 cm³/mol. The standard InChI is InChI=1S/C13H8BrCl2IO/c14-10-3-2-8(17)6-9(10)13(18)7-1-4-11(15)12(16)5-7/h1-6,13,18H. The van der Waals surface area contributed by atoms with Crippen molar-refractivity contribution in [3.05, 3.63) is 65.6 Å². The first kappa shape index (κ1) is 14.6. The molecule has 18 heavy (non-hydrogen) atoms. The Morgan fingerprint density at radius 3 is 2.44 bits per heavy atom. The van der Waals surface area contributed by atoms with E-state index < -0.39 is 6.10 Å². The van der Waals surface area contributed by atoms with E-state index in [0.717, 1.165) is 13.6 Å². The average Bonchev–Trinajstić information content (AvgIpc) is 2.35. The monoisotopic (exact) mass is 456 g/mol. The first-order chi connectivity index (χ1) is 8.49. The third-order valence-electron chi connectivity index (χ3n) is 2.51. The second kappa shape index (κ2) is 6.09. The summed E-state index contributed by atoms with van der Waals surface area (Å²) in [6.45, 7) is 0. The summed E-state index contributed by atoms with van der Waals surface area (Å²) < 4.78 is 1.92. The minimum absolute atomic E-state index is 0.440. The molecule has 2 rings (SSSR count). The highest BCUT2D eigenvalue weighted by molar-refractivity contribution is 14.1. The maximum absolute atomic E-state index is 10.4. The summed E-state index contributed by atoms with van der Waals surface area (Å²) >= 11 is 17.5. The van der Waals surface area contributed by atoms with Gasteiger partial charge in [0.15, 0.2) is 0 Å². The SMILES string of the molecule is OC(c1ccc(Cl)c(Cl)c1)c1cc(I)ccc1Br. The lowest BCUT2D eigenvalue weighted by molar-refractivity contribution is 0.219. The molecule has 0 aliphatic carbocycles. The van der Waals surface area contributed by atoms with E-state index in [0.29, 0.717) is 15.6 Å². The molecule has 0 aliphatic rings. The summed E-state index contributed by atoms with van der Waals surface area (Å²) in [5.41, 5.74) is 1.52. The van der Waals surface area contributed by atoms with Crippen LogP contribution in [0.1, 0.15) is 17.2 Å². The van der Waals surface area contributed by atoms with Crippen LogP contribution in [0.15, 0.2) is 40.9 Å². The number of rotatable bonds is 2. The molecule has 0 saturated carbocycles. The first-order valence-corrected chi connectivity index (χ1v) is 7.70. The van der Waals surface area contributed by atoms with E-state index in [4.69, 9.17) is 23.2 Å². The maximum Gasteiger partial charge on any atom is 0.105 e. The second-order valence-corrected chi connectivity index (χ2v) is 6.66. The van der Waals surface area contributed by atoms with Gasteiger partial charge in [-0.3, -0.25) is 0 Å². The molecular weight excluding hydrogens is 450 g/mol. The Morgan fingerprint density at radius 1 is 1.06 bits per heavy atom. The van der Waals surface area contributed by atoms with Crippen LogP contribution in [0, 0.1) is 3.57 Å². The van der Waals surface area contributed by atoms with E-state index in [1.165, 1.54) is 0 Å². The van der Waals surface area contributed by atoms with Crippen molar-refractivity contribution in [2.45, 2.75) is 6.10 Å². The molecule has 0 fully saturated rings. The summed E-state index contributed by atoms with van der Waals surface area (Å²) in [5, 5.41) is 11.3. The fraction of sp³-hybridized carbons (Fsp3) is 0.0769. The molecule has 0 saturated heterocycles. The van der Waals surface area contributed by atoms with Crippen molar-refractivity contribution in [2.24, 2.45) is 0 Å². The topological polar surface area (TPSA) is 20.2 Å². The minimum atomic E-state index is -0.733. The van der Waals surface area contributed by atoms with Crippen LogP contribution in [0.2, 0.25) is 10.0 Å². The molecule has 1 N–H and O–H groups in total. The highest BCUT2D eigenvalue weighted by Gasteiger charge is 2.15. The molecule has 1 unspecified atom stereocenters.